The number of anilines is 1. The Labute approximate surface area is 191 Å². The molecule has 0 saturated carbocycles. The third kappa shape index (κ3) is 4.26. The van der Waals surface area contributed by atoms with Gasteiger partial charge in [-0.15, -0.1) is 11.8 Å². The van der Waals surface area contributed by atoms with E-state index in [2.05, 4.69) is 15.5 Å². The summed E-state index contributed by atoms with van der Waals surface area (Å²) in [6, 6.07) is 7.50. The Morgan fingerprint density at radius 2 is 2.09 bits per heavy atom. The molecule has 2 aliphatic heterocycles. The molecule has 1 aromatic heterocycles. The van der Waals surface area contributed by atoms with Crippen LogP contribution in [-0.4, -0.2) is 67.7 Å². The van der Waals surface area contributed by atoms with Gasteiger partial charge in [0, 0.05) is 18.2 Å². The normalized spacial score (nSPS) is 20.5. The van der Waals surface area contributed by atoms with Crippen molar-refractivity contribution in [2.24, 2.45) is 0 Å². The summed E-state index contributed by atoms with van der Waals surface area (Å²) in [5, 5.41) is 15.4. The lowest BCUT2D eigenvalue weighted by Crippen LogP contribution is -2.71. The van der Waals surface area contributed by atoms with Crippen molar-refractivity contribution in [3.8, 4) is 0 Å². The number of amides is 2. The Kier molecular flexibility index (Phi) is 6.05. The van der Waals surface area contributed by atoms with Crippen LogP contribution in [0.2, 0.25) is 0 Å². The molecular weight excluding hydrogens is 454 g/mol. The number of carbonyl (C=O) groups excluding carboxylic acids is 3. The Morgan fingerprint density at radius 3 is 2.70 bits per heavy atom. The molecular formula is C20H19N5O7S. The van der Waals surface area contributed by atoms with Crippen LogP contribution in [0.1, 0.15) is 24.2 Å². The number of hydrogen-bond donors (Lipinski definition) is 3. The van der Waals surface area contributed by atoms with Gasteiger partial charge in [-0.2, -0.15) is 4.98 Å². The highest BCUT2D eigenvalue weighted by molar-refractivity contribution is 8.00. The van der Waals surface area contributed by atoms with Crippen molar-refractivity contribution < 1.29 is 33.5 Å². The lowest BCUT2D eigenvalue weighted by atomic mass is 9.95. The van der Waals surface area contributed by atoms with E-state index in [1.54, 1.807) is 30.3 Å². The van der Waals surface area contributed by atoms with Crippen LogP contribution in [0.5, 0.6) is 0 Å². The molecule has 4 N–H and O–H groups in total. The van der Waals surface area contributed by atoms with Crippen LogP contribution in [0.25, 0.3) is 0 Å². The first kappa shape index (κ1) is 22.3. The number of β-lactam (4-membered cyclic amide) rings is 1. The van der Waals surface area contributed by atoms with Gasteiger partial charge in [0.05, 0.1) is 0 Å². The number of aliphatic carboxylic acids is 1. The smallest absolute Gasteiger partial charge is 0.352 e. The number of carboxylic acid groups (broad SMARTS) is 1. The number of ether oxygens (including phenoxy) is 1. The number of nitrogens with two attached hydrogens (primary N) is 1. The first-order valence-electron chi connectivity index (χ1n) is 9.75. The number of nitrogen functional groups attached to an aromatic ring is 1. The predicted octanol–water partition coefficient (Wildman–Crippen LogP) is 0.0854. The Bertz CT molecular complexity index is 1150. The van der Waals surface area contributed by atoms with Gasteiger partial charge >= 0.3 is 18.0 Å². The maximum atomic E-state index is 13.2. The van der Waals surface area contributed by atoms with Gasteiger partial charge in [0.25, 0.3) is 5.91 Å². The molecule has 0 spiro atoms. The fourth-order valence-corrected chi connectivity index (χ4v) is 4.97. The maximum Gasteiger partial charge on any atom is 0.352 e. The van der Waals surface area contributed by atoms with E-state index in [1.165, 1.54) is 18.7 Å². The first-order valence-corrected chi connectivity index (χ1v) is 10.8. The maximum absolute atomic E-state index is 13.2. The lowest BCUT2D eigenvalue weighted by Gasteiger charge is -2.49. The van der Waals surface area contributed by atoms with Gasteiger partial charge in [-0.1, -0.05) is 35.5 Å². The number of carboxylic acids is 1. The molecule has 2 aromatic rings. The van der Waals surface area contributed by atoms with Crippen LogP contribution in [0.15, 0.2) is 46.1 Å². The fraction of sp³-hybridized carbons (Fsp3) is 0.300. The molecule has 4 rings (SSSR count). The van der Waals surface area contributed by atoms with Gasteiger partial charge < -0.3 is 25.4 Å². The summed E-state index contributed by atoms with van der Waals surface area (Å²) < 4.78 is 9.72. The molecule has 3 heterocycles. The highest BCUT2D eigenvalue weighted by Crippen LogP contribution is 2.40. The largest absolute Gasteiger partial charge is 0.477 e. The van der Waals surface area contributed by atoms with Crippen LogP contribution in [0, 0.1) is 0 Å². The minimum Gasteiger partial charge on any atom is -0.477 e. The van der Waals surface area contributed by atoms with Crippen LogP contribution in [0.4, 0.5) is 6.01 Å². The molecule has 0 radical (unpaired) electrons. The number of nitrogens with zero attached hydrogens (tertiary/aromatic N) is 3. The highest BCUT2D eigenvalue weighted by atomic mass is 32.2. The second-order valence-corrected chi connectivity index (χ2v) is 8.37. The van der Waals surface area contributed by atoms with Crippen molar-refractivity contribution in [1.29, 1.82) is 0 Å². The Hall–Kier alpha value is -3.87. The number of aromatic nitrogens is 2. The second-order valence-electron chi connectivity index (χ2n) is 7.27. The van der Waals surface area contributed by atoms with E-state index in [9.17, 15) is 24.3 Å². The SMILES string of the molecule is CC(=O)OCC1=C(C(=O)O)N2C(=O)[C@@H](NC(=O)C(c3ccccc3)c3noc(N)n3)C2SC1. The number of carbonyl (C=O) groups is 4. The standard InChI is InChI=1S/C20H19N5O7S/c1-9(26)31-7-11-8-33-18-13(17(28)25(18)14(11)19(29)30)22-16(27)12(10-5-3-2-4-6-10)15-23-20(21)32-24-15/h2-6,12-13,18H,7-8H2,1H3,(H,22,27)(H,29,30)(H2,21,23,24)/t12?,13-,18?/m1/s1. The third-order valence-electron chi connectivity index (χ3n) is 5.11. The number of fused-ring (bicyclic) bond motifs is 1. The van der Waals surface area contributed by atoms with E-state index in [0.717, 1.165) is 4.90 Å². The third-order valence-corrected chi connectivity index (χ3v) is 6.45. The minimum absolute atomic E-state index is 0.0333. The van der Waals surface area contributed by atoms with E-state index in [4.69, 9.17) is 15.0 Å². The van der Waals surface area contributed by atoms with Crippen LogP contribution in [-0.2, 0) is 23.9 Å². The second kappa shape index (κ2) is 8.94. The molecule has 0 bridgehead atoms. The quantitative estimate of drug-likeness (QED) is 0.366. The monoisotopic (exact) mass is 473 g/mol. The molecule has 12 nitrogen and oxygen atoms in total. The number of thioether (sulfide) groups is 1. The molecule has 1 saturated heterocycles. The van der Waals surface area contributed by atoms with Crippen molar-refractivity contribution in [2.45, 2.75) is 24.3 Å². The van der Waals surface area contributed by atoms with Crippen molar-refractivity contribution >= 4 is 41.5 Å². The molecule has 0 aliphatic carbocycles. The predicted molar refractivity (Wildman–Crippen MR) is 113 cm³/mol. The summed E-state index contributed by atoms with van der Waals surface area (Å²) in [5.74, 6) is -3.76. The number of rotatable bonds is 7. The van der Waals surface area contributed by atoms with E-state index in [-0.39, 0.29) is 29.9 Å². The number of benzene rings is 1. The van der Waals surface area contributed by atoms with Crippen LogP contribution >= 0.6 is 11.8 Å². The van der Waals surface area contributed by atoms with Crippen molar-refractivity contribution in [3.63, 3.8) is 0 Å². The summed E-state index contributed by atoms with van der Waals surface area (Å²) in [4.78, 5) is 54.0. The summed E-state index contributed by atoms with van der Waals surface area (Å²) in [7, 11) is 0. The van der Waals surface area contributed by atoms with E-state index < -0.39 is 41.1 Å². The minimum atomic E-state index is -1.31. The van der Waals surface area contributed by atoms with Crippen LogP contribution < -0.4 is 11.1 Å². The molecule has 33 heavy (non-hydrogen) atoms. The van der Waals surface area contributed by atoms with Gasteiger partial charge in [-0.25, -0.2) is 4.79 Å². The Morgan fingerprint density at radius 1 is 1.36 bits per heavy atom. The number of hydrogen-bond acceptors (Lipinski definition) is 10. The molecule has 172 valence electrons. The van der Waals surface area contributed by atoms with Gasteiger partial charge in [-0.05, 0) is 5.56 Å². The zero-order valence-electron chi connectivity index (χ0n) is 17.3. The summed E-state index contributed by atoms with van der Waals surface area (Å²) >= 11 is 1.26. The summed E-state index contributed by atoms with van der Waals surface area (Å²) in [6.45, 7) is 0.980. The molecule has 2 aliphatic rings. The topological polar surface area (TPSA) is 178 Å². The number of nitrogens with one attached hydrogen (secondary N) is 1. The van der Waals surface area contributed by atoms with Gasteiger partial charge in [0.2, 0.25) is 5.91 Å². The van der Waals surface area contributed by atoms with Gasteiger partial charge in [-0.3, -0.25) is 19.3 Å². The molecule has 1 aromatic carbocycles. The van der Waals surface area contributed by atoms with Crippen molar-refractivity contribution in [1.82, 2.24) is 20.4 Å². The highest BCUT2D eigenvalue weighted by Gasteiger charge is 2.54. The summed E-state index contributed by atoms with van der Waals surface area (Å²) in [5.41, 5.74) is 6.15. The van der Waals surface area contributed by atoms with Crippen molar-refractivity contribution in [3.05, 3.63) is 53.0 Å². The summed E-state index contributed by atoms with van der Waals surface area (Å²) in [6.07, 6.45) is 0. The van der Waals surface area contributed by atoms with Crippen molar-refractivity contribution in [2.75, 3.05) is 18.1 Å². The lowest BCUT2D eigenvalue weighted by molar-refractivity contribution is -0.151. The van der Waals surface area contributed by atoms with Gasteiger partial charge in [0.1, 0.15) is 29.6 Å². The number of esters is 1. The van der Waals surface area contributed by atoms with E-state index in [0.29, 0.717) is 11.1 Å². The Balaban J connectivity index is 1.55. The van der Waals surface area contributed by atoms with Gasteiger partial charge in [0.15, 0.2) is 5.82 Å². The van der Waals surface area contributed by atoms with E-state index in [1.807, 2.05) is 0 Å². The average Bonchev–Trinajstić information content (AvgIpc) is 3.21. The molecule has 2 amide bonds. The molecule has 3 atom stereocenters. The molecule has 13 heteroatoms. The zero-order valence-corrected chi connectivity index (χ0v) is 18.1. The zero-order chi connectivity index (χ0) is 23.7. The molecule has 2 unspecified atom stereocenters. The van der Waals surface area contributed by atoms with Crippen LogP contribution in [0.3, 0.4) is 0 Å². The first-order chi connectivity index (χ1) is 15.8. The van der Waals surface area contributed by atoms with E-state index >= 15 is 0 Å². The fourth-order valence-electron chi connectivity index (χ4n) is 3.65. The molecule has 1 fully saturated rings. The average molecular weight is 473 g/mol.